The smallest absolute Gasteiger partial charge is 0.312 e. The lowest BCUT2D eigenvalue weighted by atomic mass is 9.92. The van der Waals surface area contributed by atoms with Crippen molar-refractivity contribution in [2.45, 2.75) is 44.2 Å². The predicted octanol–water partition coefficient (Wildman–Crippen LogP) is 7.16. The van der Waals surface area contributed by atoms with E-state index < -0.39 is 31.4 Å². The van der Waals surface area contributed by atoms with Crippen LogP contribution in [-0.4, -0.2) is 123 Å². The number of aromatic nitrogens is 2. The minimum atomic E-state index is -4.62. The number of carbonyl (C=O) groups is 1. The molecule has 3 aliphatic heterocycles. The summed E-state index contributed by atoms with van der Waals surface area (Å²) in [5, 5.41) is 13.7. The molecule has 0 saturated carbocycles. The van der Waals surface area contributed by atoms with E-state index in [-0.39, 0.29) is 29.8 Å². The summed E-state index contributed by atoms with van der Waals surface area (Å²) >= 11 is 6.20. The first-order valence-corrected chi connectivity index (χ1v) is 23.2. The van der Waals surface area contributed by atoms with Gasteiger partial charge in [0.25, 0.3) is 15.9 Å². The molecule has 64 heavy (non-hydrogen) atoms. The first-order chi connectivity index (χ1) is 30.8. The van der Waals surface area contributed by atoms with Gasteiger partial charge in [-0.1, -0.05) is 43.2 Å². The summed E-state index contributed by atoms with van der Waals surface area (Å²) in [5.74, 6) is -0.182. The number of pyridine rings is 1. The standard InChI is InChI=1S/C46H52ClN7O9S/c1-30(2)20-41(32-4-6-34(47)7-5-32)31(3)25-51-14-16-52(17-15-51)35-8-10-40(44(22-35)63-37-21-33-12-13-48-45(33)49-24-37)46(55)50-64(58,59)39-9-11-43(42(23-39)54(56)57)62-29-38-26-53(18-19-61-38)36-27-60-28-36/h4-13,21-24,30,36,38H,14-20,25-29H2,1-3H3,(H,48,49)(H,50,55)/b41-31-/t38-/m1/s1. The Bertz CT molecular complexity index is 2630. The van der Waals surface area contributed by atoms with E-state index in [0.717, 1.165) is 55.8 Å². The molecule has 1 amide bonds. The number of piperazine rings is 1. The highest BCUT2D eigenvalue weighted by Crippen LogP contribution is 2.34. The average molecular weight is 914 g/mol. The van der Waals surface area contributed by atoms with Crippen molar-refractivity contribution in [2.24, 2.45) is 5.92 Å². The number of amides is 1. The molecule has 3 aromatic carbocycles. The fraction of sp³-hybridized carbons (Fsp3) is 0.391. The summed E-state index contributed by atoms with van der Waals surface area (Å²) in [6, 6.07) is 20.2. The van der Waals surface area contributed by atoms with Crippen molar-refractivity contribution >= 4 is 55.5 Å². The number of nitrogens with one attached hydrogen (secondary N) is 2. The third kappa shape index (κ3) is 10.7. The second-order valence-corrected chi connectivity index (χ2v) is 18.9. The van der Waals surface area contributed by atoms with Crippen molar-refractivity contribution in [2.75, 3.05) is 77.1 Å². The Balaban J connectivity index is 0.980. The second-order valence-electron chi connectivity index (χ2n) is 16.8. The molecule has 16 nitrogen and oxygen atoms in total. The number of ether oxygens (including phenoxy) is 4. The van der Waals surface area contributed by atoms with Crippen LogP contribution in [0.3, 0.4) is 0 Å². The Labute approximate surface area is 377 Å². The summed E-state index contributed by atoms with van der Waals surface area (Å²) in [7, 11) is -4.62. The van der Waals surface area contributed by atoms with Gasteiger partial charge in [-0.05, 0) is 78.9 Å². The molecular formula is C46H52ClN7O9S. The van der Waals surface area contributed by atoms with E-state index in [1.54, 1.807) is 24.4 Å². The number of nitrogens with zero attached hydrogens (tertiary/aromatic N) is 5. The van der Waals surface area contributed by atoms with Crippen molar-refractivity contribution in [1.82, 2.24) is 24.5 Å². The van der Waals surface area contributed by atoms with Crippen LogP contribution in [-0.2, 0) is 19.5 Å². The number of hydrogen-bond acceptors (Lipinski definition) is 13. The number of sulfonamides is 1. The number of nitro groups is 1. The summed E-state index contributed by atoms with van der Waals surface area (Å²) in [6.07, 6.45) is 3.88. The van der Waals surface area contributed by atoms with Crippen LogP contribution < -0.4 is 19.1 Å². The van der Waals surface area contributed by atoms with E-state index >= 15 is 0 Å². The molecule has 18 heteroatoms. The van der Waals surface area contributed by atoms with Crippen LogP contribution in [0.1, 0.15) is 43.1 Å². The first kappa shape index (κ1) is 45.0. The van der Waals surface area contributed by atoms with Crippen LogP contribution in [0.5, 0.6) is 17.2 Å². The van der Waals surface area contributed by atoms with Gasteiger partial charge in [-0.3, -0.25) is 24.7 Å². The van der Waals surface area contributed by atoms with Crippen LogP contribution in [0.4, 0.5) is 11.4 Å². The lowest BCUT2D eigenvalue weighted by molar-refractivity contribution is -0.386. The third-order valence-electron chi connectivity index (χ3n) is 11.7. The number of aromatic amines is 1. The maximum Gasteiger partial charge on any atom is 0.312 e. The summed E-state index contributed by atoms with van der Waals surface area (Å²) in [4.78, 5) is 39.2. The molecule has 2 aromatic heterocycles. The van der Waals surface area contributed by atoms with Crippen LogP contribution in [0, 0.1) is 16.0 Å². The van der Waals surface area contributed by atoms with Crippen LogP contribution in [0.2, 0.25) is 5.02 Å². The zero-order chi connectivity index (χ0) is 45.0. The van der Waals surface area contributed by atoms with Crippen LogP contribution in [0.25, 0.3) is 16.6 Å². The summed E-state index contributed by atoms with van der Waals surface area (Å²) in [5.41, 5.74) is 4.63. The number of anilines is 1. The van der Waals surface area contributed by atoms with Gasteiger partial charge in [0.1, 0.15) is 29.9 Å². The Hall–Kier alpha value is -5.56. The van der Waals surface area contributed by atoms with Gasteiger partial charge in [-0.2, -0.15) is 0 Å². The van der Waals surface area contributed by atoms with E-state index in [0.29, 0.717) is 67.8 Å². The molecule has 0 radical (unpaired) electrons. The van der Waals surface area contributed by atoms with Crippen molar-refractivity contribution < 1.29 is 37.1 Å². The van der Waals surface area contributed by atoms with Crippen LogP contribution in [0.15, 0.2) is 95.7 Å². The minimum absolute atomic E-state index is 0.0240. The normalized spacial score (nSPS) is 18.1. The molecule has 1 atom stereocenters. The molecule has 0 unspecified atom stereocenters. The molecule has 0 bridgehead atoms. The maximum atomic E-state index is 13.9. The number of hydrogen-bond donors (Lipinski definition) is 2. The Kier molecular flexibility index (Phi) is 13.8. The number of H-pyrrole nitrogens is 1. The molecule has 8 rings (SSSR count). The molecule has 5 aromatic rings. The molecule has 3 fully saturated rings. The van der Waals surface area contributed by atoms with Gasteiger partial charge in [0.15, 0.2) is 5.75 Å². The lowest BCUT2D eigenvalue weighted by Crippen LogP contribution is -2.56. The maximum absolute atomic E-state index is 13.9. The van der Waals surface area contributed by atoms with Gasteiger partial charge in [0.05, 0.1) is 47.4 Å². The predicted molar refractivity (Wildman–Crippen MR) is 244 cm³/mol. The fourth-order valence-electron chi connectivity index (χ4n) is 8.23. The van der Waals surface area contributed by atoms with Gasteiger partial charge in [-0.25, -0.2) is 18.1 Å². The van der Waals surface area contributed by atoms with E-state index in [4.69, 9.17) is 30.5 Å². The van der Waals surface area contributed by atoms with Crippen molar-refractivity contribution in [3.63, 3.8) is 0 Å². The number of halogens is 1. The molecule has 0 spiro atoms. The number of allylic oxidation sites excluding steroid dienone is 1. The zero-order valence-electron chi connectivity index (χ0n) is 36.0. The third-order valence-corrected chi connectivity index (χ3v) is 13.3. The van der Waals surface area contributed by atoms with Crippen LogP contribution >= 0.6 is 11.6 Å². The van der Waals surface area contributed by atoms with Gasteiger partial charge in [0.2, 0.25) is 0 Å². The largest absolute Gasteiger partial charge is 0.484 e. The quantitative estimate of drug-likeness (QED) is 0.0753. The highest BCUT2D eigenvalue weighted by Gasteiger charge is 2.32. The zero-order valence-corrected chi connectivity index (χ0v) is 37.6. The number of benzene rings is 3. The Morgan fingerprint density at radius 3 is 2.52 bits per heavy atom. The minimum Gasteiger partial charge on any atom is -0.484 e. The summed E-state index contributed by atoms with van der Waals surface area (Å²) in [6.45, 7) is 13.6. The molecular weight excluding hydrogens is 862 g/mol. The van der Waals surface area contributed by atoms with Crippen molar-refractivity contribution in [3.8, 4) is 17.2 Å². The van der Waals surface area contributed by atoms with Crippen molar-refractivity contribution in [1.29, 1.82) is 0 Å². The number of rotatable bonds is 16. The van der Waals surface area contributed by atoms with Gasteiger partial charge in [0, 0.05) is 80.2 Å². The van der Waals surface area contributed by atoms with E-state index in [1.165, 1.54) is 35.0 Å². The monoisotopic (exact) mass is 913 g/mol. The average Bonchev–Trinajstić information content (AvgIpc) is 3.73. The topological polar surface area (TPSA) is 182 Å². The number of fused-ring (bicyclic) bond motifs is 1. The molecule has 0 aliphatic carbocycles. The molecule has 5 heterocycles. The lowest BCUT2D eigenvalue weighted by Gasteiger charge is -2.41. The van der Waals surface area contributed by atoms with E-state index in [9.17, 15) is 23.3 Å². The second kappa shape index (κ2) is 19.7. The molecule has 3 aliphatic rings. The SMILES string of the molecule is C/C(CN1CCN(c2ccc(C(=O)NS(=O)(=O)c3ccc(OC[C@H]4CN(C5COC5)CCO4)c([N+](=O)[O-])c3)c(Oc3cnc4[nH]ccc4c3)c2)CC1)=C(\CC(C)C)c1ccc(Cl)cc1. The number of nitro benzene ring substituents is 1. The molecule has 338 valence electrons. The summed E-state index contributed by atoms with van der Waals surface area (Å²) < 4.78 is 52.8. The van der Waals surface area contributed by atoms with Gasteiger partial charge >= 0.3 is 5.69 Å². The van der Waals surface area contributed by atoms with E-state index in [2.05, 4.69) is 62.3 Å². The highest BCUT2D eigenvalue weighted by molar-refractivity contribution is 7.90. The Morgan fingerprint density at radius 1 is 1.02 bits per heavy atom. The highest BCUT2D eigenvalue weighted by atomic mass is 35.5. The fourth-order valence-corrected chi connectivity index (χ4v) is 9.34. The van der Waals surface area contributed by atoms with Crippen molar-refractivity contribution in [3.05, 3.63) is 117 Å². The molecule has 2 N–H and O–H groups in total. The van der Waals surface area contributed by atoms with Gasteiger partial charge < -0.3 is 28.8 Å². The van der Waals surface area contributed by atoms with Gasteiger partial charge in [-0.15, -0.1) is 0 Å². The Morgan fingerprint density at radius 2 is 1.80 bits per heavy atom. The first-order valence-electron chi connectivity index (χ1n) is 21.4. The van der Waals surface area contributed by atoms with E-state index in [1.807, 2.05) is 18.2 Å². The number of carbonyl (C=O) groups excluding carboxylic acids is 1. The molecule has 3 saturated heterocycles. The number of morpholine rings is 1.